The molecule has 0 aliphatic heterocycles. The molecule has 1 rings (SSSR count). The maximum absolute atomic E-state index is 13.5. The van der Waals surface area contributed by atoms with Crippen LogP contribution in [-0.2, 0) is 16.1 Å². The normalized spacial score (nSPS) is 13.7. The predicted molar refractivity (Wildman–Crippen MR) is 68.8 cm³/mol. The molecule has 1 N–H and O–H groups in total. The molecule has 1 aromatic carbocycles. The molecule has 0 aromatic heterocycles. The van der Waals surface area contributed by atoms with E-state index in [0.29, 0.717) is 5.56 Å². The van der Waals surface area contributed by atoms with Crippen LogP contribution < -0.4 is 0 Å². The van der Waals surface area contributed by atoms with Crippen LogP contribution in [0.4, 0.5) is 4.39 Å². The molecule has 2 unspecified atom stereocenters. The zero-order valence-corrected chi connectivity index (χ0v) is 11.3. The molecule has 0 radical (unpaired) electrons. The minimum atomic E-state index is -1.01. The van der Waals surface area contributed by atoms with Crippen LogP contribution in [0.15, 0.2) is 24.3 Å². The fraction of sp³-hybridized carbons (Fsp3) is 0.429. The lowest BCUT2D eigenvalue weighted by Crippen LogP contribution is -2.36. The van der Waals surface area contributed by atoms with Crippen LogP contribution in [0.25, 0.3) is 0 Å². The molecule has 104 valence electrons. The summed E-state index contributed by atoms with van der Waals surface area (Å²) in [4.78, 5) is 24.2. The van der Waals surface area contributed by atoms with Crippen LogP contribution in [0, 0.1) is 17.7 Å². The molecule has 5 heteroatoms. The van der Waals surface area contributed by atoms with E-state index in [2.05, 4.69) is 0 Å². The van der Waals surface area contributed by atoms with Crippen molar-refractivity contribution >= 4 is 11.9 Å². The molecule has 2 atom stereocenters. The topological polar surface area (TPSA) is 57.6 Å². The van der Waals surface area contributed by atoms with Crippen molar-refractivity contribution in [2.75, 3.05) is 7.05 Å². The van der Waals surface area contributed by atoms with E-state index in [9.17, 15) is 14.0 Å². The summed E-state index contributed by atoms with van der Waals surface area (Å²) in [7, 11) is 1.54. The van der Waals surface area contributed by atoms with Crippen molar-refractivity contribution in [1.29, 1.82) is 0 Å². The van der Waals surface area contributed by atoms with Gasteiger partial charge in [-0.3, -0.25) is 9.59 Å². The maximum Gasteiger partial charge on any atom is 0.307 e. The second kappa shape index (κ2) is 6.31. The smallest absolute Gasteiger partial charge is 0.307 e. The van der Waals surface area contributed by atoms with Crippen molar-refractivity contribution in [3.63, 3.8) is 0 Å². The Morgan fingerprint density at radius 3 is 2.37 bits per heavy atom. The van der Waals surface area contributed by atoms with E-state index in [1.165, 1.54) is 17.9 Å². The fourth-order valence-electron chi connectivity index (χ4n) is 1.74. The number of aliphatic carboxylic acids is 1. The zero-order valence-electron chi connectivity index (χ0n) is 11.3. The fourth-order valence-corrected chi connectivity index (χ4v) is 1.74. The highest BCUT2D eigenvalue weighted by Crippen LogP contribution is 2.16. The molecule has 0 saturated carbocycles. The molecular formula is C14H18FNO3. The number of hydrogen-bond acceptors (Lipinski definition) is 2. The summed E-state index contributed by atoms with van der Waals surface area (Å²) in [5, 5.41) is 8.89. The number of rotatable bonds is 5. The van der Waals surface area contributed by atoms with Crippen molar-refractivity contribution in [3.05, 3.63) is 35.6 Å². The molecule has 0 heterocycles. The third-order valence-electron chi connectivity index (χ3n) is 3.27. The molecule has 0 fully saturated rings. The van der Waals surface area contributed by atoms with Gasteiger partial charge in [0.1, 0.15) is 5.82 Å². The summed E-state index contributed by atoms with van der Waals surface area (Å²) in [5.74, 6) is -3.11. The minimum absolute atomic E-state index is 0.127. The molecule has 0 spiro atoms. The summed E-state index contributed by atoms with van der Waals surface area (Å²) in [5.41, 5.74) is 0.411. The molecule has 0 saturated heterocycles. The molecule has 1 aromatic rings. The Bertz CT molecular complexity index is 476. The average Bonchev–Trinajstić information content (AvgIpc) is 2.38. The van der Waals surface area contributed by atoms with E-state index in [-0.39, 0.29) is 18.3 Å². The van der Waals surface area contributed by atoms with Crippen LogP contribution in [0.3, 0.4) is 0 Å². The molecule has 0 aliphatic rings. The quantitative estimate of drug-likeness (QED) is 0.889. The van der Waals surface area contributed by atoms with Gasteiger partial charge >= 0.3 is 5.97 Å². The van der Waals surface area contributed by atoms with Crippen molar-refractivity contribution in [2.24, 2.45) is 11.8 Å². The first-order valence-corrected chi connectivity index (χ1v) is 6.05. The van der Waals surface area contributed by atoms with Crippen molar-refractivity contribution < 1.29 is 19.1 Å². The van der Waals surface area contributed by atoms with Gasteiger partial charge in [0.15, 0.2) is 0 Å². The second-order valence-electron chi connectivity index (χ2n) is 4.70. The highest BCUT2D eigenvalue weighted by Gasteiger charge is 2.28. The largest absolute Gasteiger partial charge is 0.481 e. The summed E-state index contributed by atoms with van der Waals surface area (Å²) in [6.07, 6.45) is 0. The van der Waals surface area contributed by atoms with E-state index in [0.717, 1.165) is 0 Å². The van der Waals surface area contributed by atoms with Gasteiger partial charge < -0.3 is 10.0 Å². The van der Waals surface area contributed by atoms with E-state index < -0.39 is 17.8 Å². The number of carboxylic acids is 1. The van der Waals surface area contributed by atoms with Gasteiger partial charge in [-0.25, -0.2) is 4.39 Å². The third kappa shape index (κ3) is 3.77. The Labute approximate surface area is 111 Å². The first kappa shape index (κ1) is 15.1. The van der Waals surface area contributed by atoms with Crippen molar-refractivity contribution in [2.45, 2.75) is 20.4 Å². The van der Waals surface area contributed by atoms with Gasteiger partial charge in [-0.15, -0.1) is 0 Å². The second-order valence-corrected chi connectivity index (χ2v) is 4.70. The number of benzene rings is 1. The van der Waals surface area contributed by atoms with Gasteiger partial charge in [0, 0.05) is 25.1 Å². The SMILES string of the molecule is CC(C(=O)O)C(C)C(=O)N(C)Cc1ccccc1F. The molecule has 4 nitrogen and oxygen atoms in total. The van der Waals surface area contributed by atoms with Crippen LogP contribution in [0.2, 0.25) is 0 Å². The monoisotopic (exact) mass is 267 g/mol. The van der Waals surface area contributed by atoms with E-state index in [1.807, 2.05) is 0 Å². The minimum Gasteiger partial charge on any atom is -0.481 e. The number of halogens is 1. The lowest BCUT2D eigenvalue weighted by Gasteiger charge is -2.23. The van der Waals surface area contributed by atoms with Crippen LogP contribution in [0.5, 0.6) is 0 Å². The van der Waals surface area contributed by atoms with E-state index >= 15 is 0 Å². The summed E-state index contributed by atoms with van der Waals surface area (Å²) < 4.78 is 13.5. The van der Waals surface area contributed by atoms with E-state index in [4.69, 9.17) is 5.11 Å². The number of carbonyl (C=O) groups excluding carboxylic acids is 1. The van der Waals surface area contributed by atoms with Crippen molar-refractivity contribution in [3.8, 4) is 0 Å². The van der Waals surface area contributed by atoms with Crippen LogP contribution in [-0.4, -0.2) is 28.9 Å². The highest BCUT2D eigenvalue weighted by atomic mass is 19.1. The predicted octanol–water partition coefficient (Wildman–Crippen LogP) is 2.14. The van der Waals surface area contributed by atoms with Gasteiger partial charge in [-0.1, -0.05) is 32.0 Å². The first-order valence-electron chi connectivity index (χ1n) is 6.05. The zero-order chi connectivity index (χ0) is 14.6. The Kier molecular flexibility index (Phi) is 5.03. The van der Waals surface area contributed by atoms with Gasteiger partial charge in [0.05, 0.1) is 5.92 Å². The maximum atomic E-state index is 13.5. The number of carboxylic acid groups (broad SMARTS) is 1. The highest BCUT2D eigenvalue weighted by molar-refractivity contribution is 5.84. The van der Waals surface area contributed by atoms with Gasteiger partial charge in [0.2, 0.25) is 5.91 Å². The van der Waals surface area contributed by atoms with Gasteiger partial charge in [0.25, 0.3) is 0 Å². The molecule has 0 aliphatic carbocycles. The Morgan fingerprint density at radius 2 is 1.84 bits per heavy atom. The molecule has 19 heavy (non-hydrogen) atoms. The third-order valence-corrected chi connectivity index (χ3v) is 3.27. The van der Waals surface area contributed by atoms with Gasteiger partial charge in [-0.05, 0) is 6.07 Å². The average molecular weight is 267 g/mol. The van der Waals surface area contributed by atoms with E-state index in [1.54, 1.807) is 32.2 Å². The summed E-state index contributed by atoms with van der Waals surface area (Å²) >= 11 is 0. The Hall–Kier alpha value is -1.91. The summed E-state index contributed by atoms with van der Waals surface area (Å²) in [6.45, 7) is 3.18. The van der Waals surface area contributed by atoms with Crippen LogP contribution >= 0.6 is 0 Å². The number of carbonyl (C=O) groups is 2. The molecular weight excluding hydrogens is 249 g/mol. The lowest BCUT2D eigenvalue weighted by atomic mass is 9.95. The van der Waals surface area contributed by atoms with Crippen LogP contribution in [0.1, 0.15) is 19.4 Å². The number of amides is 1. The number of nitrogens with zero attached hydrogens (tertiary/aromatic N) is 1. The Morgan fingerprint density at radius 1 is 1.26 bits per heavy atom. The van der Waals surface area contributed by atoms with Gasteiger partial charge in [-0.2, -0.15) is 0 Å². The molecule has 1 amide bonds. The van der Waals surface area contributed by atoms with Crippen molar-refractivity contribution in [1.82, 2.24) is 4.90 Å². The lowest BCUT2D eigenvalue weighted by molar-refractivity contribution is -0.148. The number of hydrogen-bond donors (Lipinski definition) is 1. The summed E-state index contributed by atoms with van der Waals surface area (Å²) in [6, 6.07) is 6.21. The first-order chi connectivity index (χ1) is 8.84. The Balaban J connectivity index is 2.73. The molecule has 0 bridgehead atoms. The standard InChI is InChI=1S/C14H18FNO3/c1-9(10(2)14(18)19)13(17)16(3)8-11-6-4-5-7-12(11)15/h4-7,9-10H,8H2,1-3H3,(H,18,19).